The molecule has 88 valence electrons. The van der Waals surface area contributed by atoms with Gasteiger partial charge in [0.1, 0.15) is 4.99 Å². The van der Waals surface area contributed by atoms with Gasteiger partial charge in [-0.25, -0.2) is 4.39 Å². The highest BCUT2D eigenvalue weighted by atomic mass is 79.9. The molecule has 1 aromatic carbocycles. The van der Waals surface area contributed by atoms with Gasteiger partial charge in [-0.3, -0.25) is 0 Å². The molecule has 0 bridgehead atoms. The van der Waals surface area contributed by atoms with Gasteiger partial charge in [0.25, 0.3) is 0 Å². The fourth-order valence-electron chi connectivity index (χ4n) is 1.16. The Balaban J connectivity index is 2.89. The Hall–Kier alpha value is -0.680. The summed E-state index contributed by atoms with van der Waals surface area (Å²) in [5.74, 6) is -0.235. The molecule has 0 saturated heterocycles. The molecule has 2 nitrogen and oxygen atoms in total. The third-order valence-corrected chi connectivity index (χ3v) is 3.06. The summed E-state index contributed by atoms with van der Waals surface area (Å²) < 4.78 is 19.3. The summed E-state index contributed by atoms with van der Waals surface area (Å²) >= 11 is 7.92. The average molecular weight is 306 g/mol. The highest BCUT2D eigenvalue weighted by Gasteiger charge is 2.13. The van der Waals surface area contributed by atoms with Crippen LogP contribution in [-0.4, -0.2) is 11.6 Å². The van der Waals surface area contributed by atoms with E-state index in [-0.39, 0.29) is 15.2 Å². The summed E-state index contributed by atoms with van der Waals surface area (Å²) in [6, 6.07) is 3.20. The minimum absolute atomic E-state index is 0.158. The molecule has 2 N–H and O–H groups in total. The number of hydrogen-bond donors (Lipinski definition) is 1. The van der Waals surface area contributed by atoms with Gasteiger partial charge in [0.05, 0.1) is 11.1 Å². The Kier molecular flexibility index (Phi) is 5.15. The Morgan fingerprint density at radius 2 is 2.25 bits per heavy atom. The van der Waals surface area contributed by atoms with Crippen molar-refractivity contribution in [1.29, 1.82) is 0 Å². The summed E-state index contributed by atoms with van der Waals surface area (Å²) in [7, 11) is 0. The number of unbranched alkanes of at least 4 members (excludes halogenated alkanes) is 1. The third-order valence-electron chi connectivity index (χ3n) is 2.07. The van der Waals surface area contributed by atoms with Crippen LogP contribution < -0.4 is 10.5 Å². The van der Waals surface area contributed by atoms with Gasteiger partial charge in [-0.1, -0.05) is 25.6 Å². The highest BCUT2D eigenvalue weighted by molar-refractivity contribution is 9.10. The fraction of sp³-hybridized carbons (Fsp3) is 0.364. The van der Waals surface area contributed by atoms with E-state index in [1.165, 1.54) is 0 Å². The number of benzene rings is 1. The minimum atomic E-state index is -0.457. The molecule has 0 saturated carbocycles. The first kappa shape index (κ1) is 13.4. The Morgan fingerprint density at radius 3 is 2.81 bits per heavy atom. The van der Waals surface area contributed by atoms with Gasteiger partial charge in [-0.05, 0) is 34.5 Å². The second-order valence-electron chi connectivity index (χ2n) is 3.31. The molecule has 0 spiro atoms. The molecule has 0 fully saturated rings. The summed E-state index contributed by atoms with van der Waals surface area (Å²) in [6.07, 6.45) is 1.90. The maximum absolute atomic E-state index is 13.8. The summed E-state index contributed by atoms with van der Waals surface area (Å²) in [4.78, 5) is 0.158. The van der Waals surface area contributed by atoms with E-state index in [2.05, 4.69) is 15.9 Å². The highest BCUT2D eigenvalue weighted by Crippen LogP contribution is 2.28. The van der Waals surface area contributed by atoms with E-state index in [0.717, 1.165) is 12.8 Å². The minimum Gasteiger partial charge on any atom is -0.490 e. The van der Waals surface area contributed by atoms with E-state index >= 15 is 0 Å². The topological polar surface area (TPSA) is 35.2 Å². The van der Waals surface area contributed by atoms with Crippen LogP contribution in [0.15, 0.2) is 16.6 Å². The van der Waals surface area contributed by atoms with Crippen molar-refractivity contribution in [3.63, 3.8) is 0 Å². The van der Waals surface area contributed by atoms with Gasteiger partial charge in [0.2, 0.25) is 0 Å². The molecular weight excluding hydrogens is 293 g/mol. The zero-order valence-corrected chi connectivity index (χ0v) is 11.3. The van der Waals surface area contributed by atoms with Crippen molar-refractivity contribution in [1.82, 2.24) is 0 Å². The first-order chi connectivity index (χ1) is 7.57. The van der Waals surface area contributed by atoms with Crippen LogP contribution in [0.1, 0.15) is 25.3 Å². The van der Waals surface area contributed by atoms with Crippen molar-refractivity contribution in [3.05, 3.63) is 28.0 Å². The van der Waals surface area contributed by atoms with Crippen LogP contribution in [0.2, 0.25) is 0 Å². The van der Waals surface area contributed by atoms with Gasteiger partial charge in [-0.15, -0.1) is 0 Å². The maximum atomic E-state index is 13.8. The Morgan fingerprint density at radius 1 is 1.56 bits per heavy atom. The second kappa shape index (κ2) is 6.15. The lowest BCUT2D eigenvalue weighted by Crippen LogP contribution is -2.11. The molecule has 0 aliphatic heterocycles. The number of ether oxygens (including phenoxy) is 1. The third kappa shape index (κ3) is 3.15. The molecule has 0 atom stereocenters. The standard InChI is InChI=1S/C11H13BrFNOS/c1-2-3-6-15-8-5-4-7(11(14)16)9(12)10(8)13/h4-5H,2-3,6H2,1H3,(H2,14,16). The Bertz CT molecular complexity index is 398. The monoisotopic (exact) mass is 305 g/mol. The number of halogens is 2. The first-order valence-corrected chi connectivity index (χ1v) is 6.18. The molecule has 5 heteroatoms. The van der Waals surface area contributed by atoms with Gasteiger partial charge < -0.3 is 10.5 Å². The molecule has 0 aliphatic carbocycles. The van der Waals surface area contributed by atoms with Crippen molar-refractivity contribution in [3.8, 4) is 5.75 Å². The molecule has 0 aromatic heterocycles. The molecule has 0 amide bonds. The maximum Gasteiger partial charge on any atom is 0.179 e. The molecular formula is C11H13BrFNOS. The summed E-state index contributed by atoms with van der Waals surface area (Å²) in [5.41, 5.74) is 5.93. The summed E-state index contributed by atoms with van der Waals surface area (Å²) in [6.45, 7) is 2.55. The smallest absolute Gasteiger partial charge is 0.179 e. The van der Waals surface area contributed by atoms with Crippen LogP contribution in [0.4, 0.5) is 4.39 Å². The molecule has 0 radical (unpaired) electrons. The predicted molar refractivity (Wildman–Crippen MR) is 70.4 cm³/mol. The van der Waals surface area contributed by atoms with E-state index in [4.69, 9.17) is 22.7 Å². The largest absolute Gasteiger partial charge is 0.490 e. The fourth-order valence-corrected chi connectivity index (χ4v) is 2.00. The number of nitrogens with two attached hydrogens (primary N) is 1. The van der Waals surface area contributed by atoms with Crippen molar-refractivity contribution in [2.75, 3.05) is 6.61 Å². The molecule has 0 aliphatic rings. The lowest BCUT2D eigenvalue weighted by atomic mass is 10.2. The SMILES string of the molecule is CCCCOc1ccc(C(N)=S)c(Br)c1F. The molecule has 1 rings (SSSR count). The normalized spacial score (nSPS) is 10.2. The number of thiocarbonyl (C=S) groups is 1. The molecule has 0 unspecified atom stereocenters. The van der Waals surface area contributed by atoms with Crippen LogP contribution in [0.5, 0.6) is 5.75 Å². The van der Waals surface area contributed by atoms with E-state index in [9.17, 15) is 4.39 Å². The van der Waals surface area contributed by atoms with E-state index in [1.54, 1.807) is 12.1 Å². The van der Waals surface area contributed by atoms with Crippen LogP contribution >= 0.6 is 28.1 Å². The molecule has 0 heterocycles. The molecule has 1 aromatic rings. The van der Waals surface area contributed by atoms with E-state index in [0.29, 0.717) is 12.2 Å². The lowest BCUT2D eigenvalue weighted by Gasteiger charge is -2.10. The summed E-state index contributed by atoms with van der Waals surface area (Å²) in [5, 5.41) is 0. The second-order valence-corrected chi connectivity index (χ2v) is 4.54. The van der Waals surface area contributed by atoms with Gasteiger partial charge in [0.15, 0.2) is 11.6 Å². The van der Waals surface area contributed by atoms with E-state index < -0.39 is 5.82 Å². The van der Waals surface area contributed by atoms with Crippen molar-refractivity contribution >= 4 is 33.1 Å². The Labute approximate surface area is 108 Å². The van der Waals surface area contributed by atoms with Crippen LogP contribution in [0.3, 0.4) is 0 Å². The van der Waals surface area contributed by atoms with Crippen LogP contribution in [0.25, 0.3) is 0 Å². The van der Waals surface area contributed by atoms with Gasteiger partial charge >= 0.3 is 0 Å². The number of rotatable bonds is 5. The van der Waals surface area contributed by atoms with Gasteiger partial charge in [-0.2, -0.15) is 0 Å². The lowest BCUT2D eigenvalue weighted by molar-refractivity contribution is 0.293. The molecule has 16 heavy (non-hydrogen) atoms. The first-order valence-electron chi connectivity index (χ1n) is 4.98. The van der Waals surface area contributed by atoms with Crippen molar-refractivity contribution in [2.45, 2.75) is 19.8 Å². The van der Waals surface area contributed by atoms with Crippen LogP contribution in [0, 0.1) is 5.82 Å². The zero-order chi connectivity index (χ0) is 12.1. The van der Waals surface area contributed by atoms with Crippen LogP contribution in [-0.2, 0) is 0 Å². The zero-order valence-electron chi connectivity index (χ0n) is 8.93. The number of hydrogen-bond acceptors (Lipinski definition) is 2. The predicted octanol–water partition coefficient (Wildman–Crippen LogP) is 3.40. The van der Waals surface area contributed by atoms with E-state index in [1.807, 2.05) is 6.92 Å². The van der Waals surface area contributed by atoms with Crippen molar-refractivity contribution < 1.29 is 9.13 Å². The quantitative estimate of drug-likeness (QED) is 0.669. The van der Waals surface area contributed by atoms with Gasteiger partial charge in [0, 0.05) is 5.56 Å². The van der Waals surface area contributed by atoms with Crippen molar-refractivity contribution in [2.24, 2.45) is 5.73 Å². The average Bonchev–Trinajstić information content (AvgIpc) is 2.24.